The van der Waals surface area contributed by atoms with Crippen molar-refractivity contribution in [1.29, 1.82) is 0 Å². The predicted molar refractivity (Wildman–Crippen MR) is 76.1 cm³/mol. The number of esters is 3. The average Bonchev–Trinajstić information content (AvgIpc) is 3.07. The summed E-state index contributed by atoms with van der Waals surface area (Å²) < 4.78 is 21.4. The van der Waals surface area contributed by atoms with Crippen LogP contribution in [0.15, 0.2) is 12.2 Å². The molecule has 0 amide bonds. The van der Waals surface area contributed by atoms with Crippen molar-refractivity contribution in [2.75, 3.05) is 6.61 Å². The minimum atomic E-state index is -0.640. The third-order valence-electron chi connectivity index (χ3n) is 4.70. The average molecular weight is 324 g/mol. The van der Waals surface area contributed by atoms with Crippen LogP contribution < -0.4 is 0 Å². The maximum atomic E-state index is 12.0. The monoisotopic (exact) mass is 324 g/mol. The zero-order valence-electron chi connectivity index (χ0n) is 13.4. The van der Waals surface area contributed by atoms with E-state index in [2.05, 4.69) is 6.58 Å². The summed E-state index contributed by atoms with van der Waals surface area (Å²) in [6.07, 6.45) is -0.648. The SMILES string of the molecule is C=C(C)C(=O)OCC(=O)OC1CC2OC1C1C2C(=O)OC1(C)C. The van der Waals surface area contributed by atoms with Gasteiger partial charge in [-0.1, -0.05) is 6.58 Å². The number of rotatable bonds is 4. The van der Waals surface area contributed by atoms with Gasteiger partial charge >= 0.3 is 17.9 Å². The van der Waals surface area contributed by atoms with Crippen LogP contribution in [0, 0.1) is 11.8 Å². The first kappa shape index (κ1) is 16.0. The van der Waals surface area contributed by atoms with Crippen molar-refractivity contribution >= 4 is 17.9 Å². The molecule has 7 nitrogen and oxygen atoms in total. The van der Waals surface area contributed by atoms with Crippen molar-refractivity contribution in [2.45, 2.75) is 51.1 Å². The van der Waals surface area contributed by atoms with Crippen molar-refractivity contribution in [3.8, 4) is 0 Å². The Hall–Kier alpha value is -1.89. The molecule has 0 aromatic heterocycles. The van der Waals surface area contributed by atoms with Gasteiger partial charge in [0.2, 0.25) is 0 Å². The lowest BCUT2D eigenvalue weighted by Crippen LogP contribution is -2.45. The summed E-state index contributed by atoms with van der Waals surface area (Å²) in [4.78, 5) is 35.1. The molecule has 3 saturated heterocycles. The fourth-order valence-corrected chi connectivity index (χ4v) is 3.78. The largest absolute Gasteiger partial charge is 0.459 e. The molecular formula is C16H20O7. The molecular weight excluding hydrogens is 304 g/mol. The maximum absolute atomic E-state index is 12.0. The Labute approximate surface area is 133 Å². The molecule has 0 radical (unpaired) electrons. The Balaban J connectivity index is 1.60. The molecule has 5 unspecified atom stereocenters. The Bertz CT molecular complexity index is 579. The van der Waals surface area contributed by atoms with Crippen molar-refractivity contribution < 1.29 is 33.3 Å². The van der Waals surface area contributed by atoms with E-state index >= 15 is 0 Å². The van der Waals surface area contributed by atoms with Crippen molar-refractivity contribution in [3.63, 3.8) is 0 Å². The molecule has 7 heteroatoms. The van der Waals surface area contributed by atoms with Crippen LogP contribution in [-0.2, 0) is 33.3 Å². The molecule has 3 fully saturated rings. The van der Waals surface area contributed by atoms with E-state index in [1.54, 1.807) is 0 Å². The van der Waals surface area contributed by atoms with Crippen LogP contribution in [0.25, 0.3) is 0 Å². The van der Waals surface area contributed by atoms with Crippen LogP contribution in [0.4, 0.5) is 0 Å². The fraction of sp³-hybridized carbons (Fsp3) is 0.688. The number of carbonyl (C=O) groups excluding carboxylic acids is 3. The quantitative estimate of drug-likeness (QED) is 0.428. The van der Waals surface area contributed by atoms with Gasteiger partial charge in [0.25, 0.3) is 0 Å². The zero-order valence-corrected chi connectivity index (χ0v) is 13.4. The molecule has 2 bridgehead atoms. The predicted octanol–water partition coefficient (Wildman–Crippen LogP) is 0.756. The summed E-state index contributed by atoms with van der Waals surface area (Å²) in [6, 6.07) is 0. The van der Waals surface area contributed by atoms with Crippen LogP contribution in [0.5, 0.6) is 0 Å². The molecule has 0 N–H and O–H groups in total. The number of cyclic esters (lactones) is 1. The molecule has 0 aromatic rings. The first-order chi connectivity index (χ1) is 10.7. The number of carbonyl (C=O) groups is 3. The second kappa shape index (κ2) is 5.33. The van der Waals surface area contributed by atoms with Gasteiger partial charge in [-0.15, -0.1) is 0 Å². The first-order valence-corrected chi connectivity index (χ1v) is 7.61. The van der Waals surface area contributed by atoms with Gasteiger partial charge in [0.1, 0.15) is 17.8 Å². The second-order valence-corrected chi connectivity index (χ2v) is 6.84. The summed E-state index contributed by atoms with van der Waals surface area (Å²) in [5.41, 5.74) is -0.425. The van der Waals surface area contributed by atoms with Crippen LogP contribution in [0.1, 0.15) is 27.2 Å². The molecule has 0 aliphatic carbocycles. The minimum Gasteiger partial charge on any atom is -0.459 e. The van der Waals surface area contributed by atoms with E-state index in [1.165, 1.54) is 6.92 Å². The Morgan fingerprint density at radius 3 is 2.74 bits per heavy atom. The Morgan fingerprint density at radius 2 is 2.09 bits per heavy atom. The topological polar surface area (TPSA) is 88.1 Å². The van der Waals surface area contributed by atoms with Gasteiger partial charge in [-0.2, -0.15) is 0 Å². The van der Waals surface area contributed by atoms with Crippen molar-refractivity contribution in [1.82, 2.24) is 0 Å². The third kappa shape index (κ3) is 2.63. The lowest BCUT2D eigenvalue weighted by molar-refractivity contribution is -0.165. The molecule has 0 saturated carbocycles. The number of hydrogen-bond donors (Lipinski definition) is 0. The normalized spacial score (nSPS) is 36.3. The van der Waals surface area contributed by atoms with Crippen LogP contribution in [0.3, 0.4) is 0 Å². The summed E-state index contributed by atoms with van der Waals surface area (Å²) in [5.74, 6) is -1.94. The maximum Gasteiger partial charge on any atom is 0.344 e. The lowest BCUT2D eigenvalue weighted by atomic mass is 9.72. The molecule has 23 heavy (non-hydrogen) atoms. The summed E-state index contributed by atoms with van der Waals surface area (Å²) >= 11 is 0. The van der Waals surface area contributed by atoms with E-state index in [4.69, 9.17) is 18.9 Å². The Kier molecular flexibility index (Phi) is 3.71. The van der Waals surface area contributed by atoms with E-state index in [0.29, 0.717) is 6.42 Å². The first-order valence-electron chi connectivity index (χ1n) is 7.61. The van der Waals surface area contributed by atoms with E-state index in [0.717, 1.165) is 0 Å². The molecule has 3 rings (SSSR count). The highest BCUT2D eigenvalue weighted by Gasteiger charge is 2.67. The number of fused-ring (bicyclic) bond motifs is 5. The van der Waals surface area contributed by atoms with Gasteiger partial charge in [0.15, 0.2) is 6.61 Å². The summed E-state index contributed by atoms with van der Waals surface area (Å²) in [6.45, 7) is 8.15. The van der Waals surface area contributed by atoms with E-state index in [-0.39, 0.29) is 35.6 Å². The number of hydrogen-bond acceptors (Lipinski definition) is 7. The molecule has 3 heterocycles. The number of ether oxygens (including phenoxy) is 4. The molecule has 3 aliphatic rings. The highest BCUT2D eigenvalue weighted by molar-refractivity contribution is 5.88. The lowest BCUT2D eigenvalue weighted by Gasteiger charge is -2.32. The Morgan fingerprint density at radius 1 is 1.39 bits per heavy atom. The van der Waals surface area contributed by atoms with Gasteiger partial charge < -0.3 is 18.9 Å². The van der Waals surface area contributed by atoms with E-state index in [1.807, 2.05) is 13.8 Å². The van der Waals surface area contributed by atoms with Crippen LogP contribution in [-0.4, -0.2) is 48.4 Å². The summed E-state index contributed by atoms with van der Waals surface area (Å²) in [5, 5.41) is 0. The highest BCUT2D eigenvalue weighted by atomic mass is 16.6. The minimum absolute atomic E-state index is 0.135. The molecule has 3 aliphatic heterocycles. The van der Waals surface area contributed by atoms with Crippen LogP contribution >= 0.6 is 0 Å². The van der Waals surface area contributed by atoms with Crippen molar-refractivity contribution in [3.05, 3.63) is 12.2 Å². The van der Waals surface area contributed by atoms with Crippen LogP contribution in [0.2, 0.25) is 0 Å². The van der Waals surface area contributed by atoms with Gasteiger partial charge in [0.05, 0.1) is 12.0 Å². The third-order valence-corrected chi connectivity index (χ3v) is 4.70. The summed E-state index contributed by atoms with van der Waals surface area (Å²) in [7, 11) is 0. The van der Waals surface area contributed by atoms with Gasteiger partial charge in [0, 0.05) is 17.9 Å². The fourth-order valence-electron chi connectivity index (χ4n) is 3.78. The van der Waals surface area contributed by atoms with E-state index < -0.39 is 30.3 Å². The van der Waals surface area contributed by atoms with Gasteiger partial charge in [-0.3, -0.25) is 4.79 Å². The second-order valence-electron chi connectivity index (χ2n) is 6.84. The van der Waals surface area contributed by atoms with Crippen molar-refractivity contribution in [2.24, 2.45) is 11.8 Å². The highest BCUT2D eigenvalue weighted by Crippen LogP contribution is 2.54. The molecule has 5 atom stereocenters. The smallest absolute Gasteiger partial charge is 0.344 e. The molecule has 0 spiro atoms. The van der Waals surface area contributed by atoms with E-state index in [9.17, 15) is 14.4 Å². The zero-order chi connectivity index (χ0) is 16.9. The van der Waals surface area contributed by atoms with Gasteiger partial charge in [-0.25, -0.2) is 9.59 Å². The molecule has 126 valence electrons. The standard InChI is InChI=1S/C16H20O7/c1-7(2)14(18)20-6-10(17)21-9-5-8-11-12(13(9)22-8)16(3,4)23-15(11)19/h8-9,11-13H,1,5-6H2,2-4H3. The van der Waals surface area contributed by atoms with Gasteiger partial charge in [-0.05, 0) is 20.8 Å². The molecule has 0 aromatic carbocycles.